The Morgan fingerprint density at radius 2 is 2.00 bits per heavy atom. The molecule has 1 aliphatic heterocycles. The second-order valence-electron chi connectivity index (χ2n) is 6.63. The lowest BCUT2D eigenvalue weighted by molar-refractivity contribution is -0.131. The molecular weight excluding hydrogens is 332 g/mol. The number of carbonyl (C=O) groups excluding carboxylic acids is 1. The van der Waals surface area contributed by atoms with Gasteiger partial charge in [0.05, 0.1) is 7.11 Å². The van der Waals surface area contributed by atoms with Crippen molar-refractivity contribution in [1.82, 2.24) is 19.9 Å². The summed E-state index contributed by atoms with van der Waals surface area (Å²) in [5.74, 6) is 2.13. The lowest BCUT2D eigenvalue weighted by Crippen LogP contribution is -2.34. The van der Waals surface area contributed by atoms with E-state index in [0.717, 1.165) is 50.3 Å². The third-order valence-electron chi connectivity index (χ3n) is 4.67. The van der Waals surface area contributed by atoms with Crippen LogP contribution in [0.4, 0.5) is 0 Å². The van der Waals surface area contributed by atoms with Crippen molar-refractivity contribution in [3.05, 3.63) is 30.2 Å². The average molecular weight is 358 g/mol. The van der Waals surface area contributed by atoms with Crippen LogP contribution in [0.1, 0.15) is 25.2 Å². The van der Waals surface area contributed by atoms with Crippen LogP contribution in [0.3, 0.4) is 0 Å². The number of ether oxygens (including phenoxy) is 1. The number of aromatic nitrogens is 2. The van der Waals surface area contributed by atoms with Crippen molar-refractivity contribution < 1.29 is 14.1 Å². The number of aryl methyl sites for hydroxylation is 1. The first-order valence-corrected chi connectivity index (χ1v) is 9.09. The van der Waals surface area contributed by atoms with Gasteiger partial charge in [-0.3, -0.25) is 4.79 Å². The van der Waals surface area contributed by atoms with E-state index in [2.05, 4.69) is 22.1 Å². The molecule has 0 bridgehead atoms. The second kappa shape index (κ2) is 8.80. The summed E-state index contributed by atoms with van der Waals surface area (Å²) >= 11 is 0. The molecule has 1 amide bonds. The molecule has 1 saturated heterocycles. The van der Waals surface area contributed by atoms with Gasteiger partial charge in [-0.2, -0.15) is 4.98 Å². The molecule has 1 aliphatic rings. The van der Waals surface area contributed by atoms with Crippen molar-refractivity contribution in [2.24, 2.45) is 0 Å². The number of benzene rings is 1. The summed E-state index contributed by atoms with van der Waals surface area (Å²) in [6, 6.07) is 7.52. The third kappa shape index (κ3) is 4.82. The molecule has 0 radical (unpaired) electrons. The highest BCUT2D eigenvalue weighted by Gasteiger charge is 2.17. The Hall–Kier alpha value is -2.41. The van der Waals surface area contributed by atoms with Gasteiger partial charge < -0.3 is 19.1 Å². The summed E-state index contributed by atoms with van der Waals surface area (Å²) in [4.78, 5) is 21.0. The minimum absolute atomic E-state index is 0.218. The Morgan fingerprint density at radius 3 is 2.77 bits per heavy atom. The predicted molar refractivity (Wildman–Crippen MR) is 97.9 cm³/mol. The Labute approximate surface area is 153 Å². The maximum atomic E-state index is 12.4. The van der Waals surface area contributed by atoms with Crippen LogP contribution in [0.15, 0.2) is 28.8 Å². The van der Waals surface area contributed by atoms with Crippen molar-refractivity contribution in [3.8, 4) is 17.1 Å². The number of rotatable bonds is 6. The maximum Gasteiger partial charge on any atom is 0.226 e. The molecule has 1 aromatic carbocycles. The Balaban J connectivity index is 1.47. The first-order valence-electron chi connectivity index (χ1n) is 9.09. The van der Waals surface area contributed by atoms with Gasteiger partial charge in [0.25, 0.3) is 0 Å². The molecule has 1 aromatic heterocycles. The fraction of sp³-hybridized carbons (Fsp3) is 0.526. The van der Waals surface area contributed by atoms with Crippen LogP contribution >= 0.6 is 0 Å². The number of carbonyl (C=O) groups is 1. The largest absolute Gasteiger partial charge is 0.497 e. The second-order valence-corrected chi connectivity index (χ2v) is 6.63. The zero-order valence-electron chi connectivity index (χ0n) is 15.5. The van der Waals surface area contributed by atoms with Gasteiger partial charge in [0, 0.05) is 38.0 Å². The zero-order chi connectivity index (χ0) is 18.4. The molecule has 7 nitrogen and oxygen atoms in total. The van der Waals surface area contributed by atoms with Crippen LogP contribution in [0.2, 0.25) is 0 Å². The summed E-state index contributed by atoms with van der Waals surface area (Å²) in [5, 5.41) is 4.02. The number of hydrogen-bond acceptors (Lipinski definition) is 6. The Bertz CT molecular complexity index is 714. The number of methoxy groups -OCH3 is 1. The Morgan fingerprint density at radius 1 is 1.19 bits per heavy atom. The van der Waals surface area contributed by atoms with Crippen molar-refractivity contribution >= 4 is 5.91 Å². The molecule has 2 heterocycles. The molecule has 1 fully saturated rings. The predicted octanol–water partition coefficient (Wildman–Crippen LogP) is 2.23. The summed E-state index contributed by atoms with van der Waals surface area (Å²) in [6.07, 6.45) is 2.89. The van der Waals surface area contributed by atoms with Gasteiger partial charge in [-0.05, 0) is 50.7 Å². The van der Waals surface area contributed by atoms with Gasteiger partial charge in [0.1, 0.15) is 5.75 Å². The molecule has 0 N–H and O–H groups in total. The molecule has 2 aromatic rings. The molecule has 0 aliphatic carbocycles. The highest BCUT2D eigenvalue weighted by Crippen LogP contribution is 2.20. The molecule has 0 atom stereocenters. The number of nitrogens with zero attached hydrogens (tertiary/aromatic N) is 4. The topological polar surface area (TPSA) is 71.7 Å². The molecule has 0 unspecified atom stereocenters. The smallest absolute Gasteiger partial charge is 0.226 e. The van der Waals surface area contributed by atoms with Gasteiger partial charge in [-0.1, -0.05) is 5.16 Å². The summed E-state index contributed by atoms with van der Waals surface area (Å²) < 4.78 is 10.5. The van der Waals surface area contributed by atoms with Crippen molar-refractivity contribution in [3.63, 3.8) is 0 Å². The van der Waals surface area contributed by atoms with E-state index in [9.17, 15) is 4.79 Å². The summed E-state index contributed by atoms with van der Waals surface area (Å²) in [6.45, 7) is 3.67. The molecule has 0 saturated carbocycles. The van der Waals surface area contributed by atoms with E-state index in [1.165, 1.54) is 0 Å². The van der Waals surface area contributed by atoms with Crippen LogP contribution in [0.25, 0.3) is 11.4 Å². The minimum Gasteiger partial charge on any atom is -0.497 e. The van der Waals surface area contributed by atoms with Crippen LogP contribution in [0.5, 0.6) is 5.75 Å². The summed E-state index contributed by atoms with van der Waals surface area (Å²) in [5.41, 5.74) is 0.880. The number of likely N-dealkylation sites (N-methyl/N-ethyl adjacent to an activating group) is 1. The fourth-order valence-electron chi connectivity index (χ4n) is 3.06. The van der Waals surface area contributed by atoms with E-state index in [1.807, 2.05) is 29.2 Å². The van der Waals surface area contributed by atoms with Gasteiger partial charge in [-0.15, -0.1) is 0 Å². The highest BCUT2D eigenvalue weighted by molar-refractivity contribution is 5.76. The number of hydrogen-bond donors (Lipinski definition) is 0. The molecule has 3 rings (SSSR count). The lowest BCUT2D eigenvalue weighted by Gasteiger charge is -2.20. The van der Waals surface area contributed by atoms with Crippen molar-refractivity contribution in [1.29, 1.82) is 0 Å². The molecule has 26 heavy (non-hydrogen) atoms. The van der Waals surface area contributed by atoms with Gasteiger partial charge in [-0.25, -0.2) is 0 Å². The van der Waals surface area contributed by atoms with E-state index in [4.69, 9.17) is 9.26 Å². The lowest BCUT2D eigenvalue weighted by atomic mass is 10.2. The monoisotopic (exact) mass is 358 g/mol. The first kappa shape index (κ1) is 18.4. The van der Waals surface area contributed by atoms with Crippen LogP contribution < -0.4 is 4.74 Å². The molecule has 0 spiro atoms. The fourth-order valence-corrected chi connectivity index (χ4v) is 3.06. The van der Waals surface area contributed by atoms with E-state index in [0.29, 0.717) is 24.6 Å². The quantitative estimate of drug-likeness (QED) is 0.789. The van der Waals surface area contributed by atoms with E-state index in [-0.39, 0.29) is 5.91 Å². The van der Waals surface area contributed by atoms with E-state index < -0.39 is 0 Å². The van der Waals surface area contributed by atoms with Crippen molar-refractivity contribution in [2.75, 3.05) is 40.3 Å². The minimum atomic E-state index is 0.218. The van der Waals surface area contributed by atoms with Crippen LogP contribution in [0, 0.1) is 0 Å². The zero-order valence-corrected chi connectivity index (χ0v) is 15.5. The molecule has 7 heteroatoms. The molecular formula is C19H26N4O3. The van der Waals surface area contributed by atoms with Crippen molar-refractivity contribution in [2.45, 2.75) is 25.7 Å². The average Bonchev–Trinajstić information content (AvgIpc) is 3.02. The normalized spacial score (nSPS) is 15.7. The molecule has 140 valence electrons. The highest BCUT2D eigenvalue weighted by atomic mass is 16.5. The van der Waals surface area contributed by atoms with Crippen LogP contribution in [-0.4, -0.2) is 66.2 Å². The first-order chi connectivity index (χ1) is 12.7. The van der Waals surface area contributed by atoms with E-state index in [1.54, 1.807) is 7.11 Å². The van der Waals surface area contributed by atoms with Gasteiger partial charge >= 0.3 is 0 Å². The van der Waals surface area contributed by atoms with Gasteiger partial charge in [0.15, 0.2) is 0 Å². The van der Waals surface area contributed by atoms with E-state index >= 15 is 0 Å². The van der Waals surface area contributed by atoms with Gasteiger partial charge in [0.2, 0.25) is 17.6 Å². The number of amides is 1. The van der Waals surface area contributed by atoms with Crippen LogP contribution in [-0.2, 0) is 11.2 Å². The SMILES string of the molecule is COc1ccc(-c2noc(CCCC(=O)N3CCCN(C)CC3)n2)cc1. The maximum absolute atomic E-state index is 12.4. The summed E-state index contributed by atoms with van der Waals surface area (Å²) in [7, 11) is 3.73. The Kier molecular flexibility index (Phi) is 6.22. The third-order valence-corrected chi connectivity index (χ3v) is 4.67. The standard InChI is InChI=1S/C19H26N4O3/c1-22-11-4-12-23(14-13-22)18(24)6-3-5-17-20-19(21-26-17)15-7-9-16(25-2)10-8-15/h7-10H,3-6,11-14H2,1-2H3.